The minimum Gasteiger partial charge on any atom is -0.326 e. The molecule has 1 saturated carbocycles. The molecular formula is C25H15Cl5N4O4. The summed E-state index contributed by atoms with van der Waals surface area (Å²) in [5.74, 6) is -2.51. The van der Waals surface area contributed by atoms with Crippen LogP contribution in [0.4, 0.5) is 11.4 Å². The zero-order valence-electron chi connectivity index (χ0n) is 18.9. The minimum atomic E-state index is -1.38. The monoisotopic (exact) mass is 610 g/mol. The molecule has 0 spiro atoms. The molecule has 2 unspecified atom stereocenters. The van der Waals surface area contributed by atoms with E-state index in [-0.39, 0.29) is 32.7 Å². The number of H-pyrrole nitrogens is 2. The highest BCUT2D eigenvalue weighted by Gasteiger charge is 2.67. The number of alkyl halides is 2. The Labute approximate surface area is 239 Å². The standard InChI is InChI=1S/C25H15Cl5N4O4/c26-11-6-10(7-12(27)8-11)19-20(25(19,29)30)24(38)31-13-4-5-16(28)15(9-13)21(35)32-17-3-1-2-14-18(17)23(37)34-33-22(14)36/h1-9,19-20H,(H,31,38)(H,32,35)(H,33,36)(H,34,37). The number of anilines is 2. The van der Waals surface area contributed by atoms with E-state index in [1.807, 2.05) is 0 Å². The van der Waals surface area contributed by atoms with Gasteiger partial charge in [-0.3, -0.25) is 29.4 Å². The predicted octanol–water partition coefficient (Wildman–Crippen LogP) is 5.95. The highest BCUT2D eigenvalue weighted by molar-refractivity contribution is 6.53. The number of aromatic amines is 2. The Morgan fingerprint density at radius 3 is 2.24 bits per heavy atom. The summed E-state index contributed by atoms with van der Waals surface area (Å²) in [6.45, 7) is 0. The Kier molecular flexibility index (Phi) is 6.96. The maximum atomic E-state index is 13.1. The number of nitrogens with one attached hydrogen (secondary N) is 4. The van der Waals surface area contributed by atoms with E-state index in [9.17, 15) is 19.2 Å². The number of benzene rings is 3. The van der Waals surface area contributed by atoms with E-state index in [2.05, 4.69) is 20.8 Å². The van der Waals surface area contributed by atoms with Crippen LogP contribution in [-0.2, 0) is 4.79 Å². The molecule has 194 valence electrons. The van der Waals surface area contributed by atoms with Crippen LogP contribution in [0.15, 0.2) is 64.2 Å². The van der Waals surface area contributed by atoms with Crippen LogP contribution in [0.5, 0.6) is 0 Å². The summed E-state index contributed by atoms with van der Waals surface area (Å²) >= 11 is 31.3. The van der Waals surface area contributed by atoms with Gasteiger partial charge < -0.3 is 10.6 Å². The highest BCUT2D eigenvalue weighted by atomic mass is 35.5. The van der Waals surface area contributed by atoms with Crippen molar-refractivity contribution >= 4 is 92.0 Å². The van der Waals surface area contributed by atoms with Crippen LogP contribution in [0.3, 0.4) is 0 Å². The van der Waals surface area contributed by atoms with Gasteiger partial charge in [-0.1, -0.05) is 40.9 Å². The smallest absolute Gasteiger partial charge is 0.272 e. The van der Waals surface area contributed by atoms with Gasteiger partial charge in [0.15, 0.2) is 0 Å². The van der Waals surface area contributed by atoms with Gasteiger partial charge in [0.1, 0.15) is 4.33 Å². The second-order valence-corrected chi connectivity index (χ2v) is 11.3. The van der Waals surface area contributed by atoms with Crippen LogP contribution >= 0.6 is 58.0 Å². The van der Waals surface area contributed by atoms with Crippen molar-refractivity contribution in [2.75, 3.05) is 10.6 Å². The van der Waals surface area contributed by atoms with Gasteiger partial charge in [0.25, 0.3) is 17.0 Å². The molecule has 2 amide bonds. The fourth-order valence-corrected chi connectivity index (χ4v) is 5.92. The molecule has 0 saturated heterocycles. The number of fused-ring (bicyclic) bond motifs is 1. The van der Waals surface area contributed by atoms with Gasteiger partial charge in [0.05, 0.1) is 33.0 Å². The number of hydrogen-bond donors (Lipinski definition) is 4. The molecule has 5 rings (SSSR count). The number of carbonyl (C=O) groups excluding carboxylic acids is 2. The van der Waals surface area contributed by atoms with Gasteiger partial charge in [-0.05, 0) is 54.1 Å². The zero-order chi connectivity index (χ0) is 27.4. The molecule has 3 aromatic carbocycles. The molecule has 4 N–H and O–H groups in total. The van der Waals surface area contributed by atoms with Crippen LogP contribution in [-0.4, -0.2) is 26.3 Å². The first kappa shape index (κ1) is 26.6. The summed E-state index contributed by atoms with van der Waals surface area (Å²) in [7, 11) is 0. The lowest BCUT2D eigenvalue weighted by molar-refractivity contribution is -0.117. The van der Waals surface area contributed by atoms with Crippen LogP contribution in [0, 0.1) is 5.92 Å². The van der Waals surface area contributed by atoms with Gasteiger partial charge in [-0.25, -0.2) is 0 Å². The molecule has 1 fully saturated rings. The Morgan fingerprint density at radius 2 is 1.53 bits per heavy atom. The average molecular weight is 613 g/mol. The van der Waals surface area contributed by atoms with Crippen molar-refractivity contribution in [2.24, 2.45) is 5.92 Å². The normalized spacial score (nSPS) is 17.7. The molecule has 4 aromatic rings. The number of halogens is 5. The van der Waals surface area contributed by atoms with Crippen molar-refractivity contribution in [1.29, 1.82) is 0 Å². The second-order valence-electron chi connectivity index (χ2n) is 8.61. The molecule has 0 bridgehead atoms. The molecule has 1 aromatic heterocycles. The van der Waals surface area contributed by atoms with E-state index >= 15 is 0 Å². The summed E-state index contributed by atoms with van der Waals surface area (Å²) in [5, 5.41) is 10.7. The molecule has 0 radical (unpaired) electrons. The van der Waals surface area contributed by atoms with Gasteiger partial charge in [-0.15, -0.1) is 23.2 Å². The van der Waals surface area contributed by atoms with E-state index in [4.69, 9.17) is 58.0 Å². The first-order valence-corrected chi connectivity index (χ1v) is 12.9. The number of aromatic nitrogens is 2. The quantitative estimate of drug-likeness (QED) is 0.208. The van der Waals surface area contributed by atoms with Crippen molar-refractivity contribution in [3.8, 4) is 0 Å². The Morgan fingerprint density at radius 1 is 0.842 bits per heavy atom. The van der Waals surface area contributed by atoms with Gasteiger partial charge in [-0.2, -0.15) is 0 Å². The van der Waals surface area contributed by atoms with Crippen LogP contribution in [0.1, 0.15) is 21.8 Å². The summed E-state index contributed by atoms with van der Waals surface area (Å²) < 4.78 is -1.38. The molecule has 0 aliphatic heterocycles. The maximum absolute atomic E-state index is 13.1. The molecular weight excluding hydrogens is 598 g/mol. The van der Waals surface area contributed by atoms with Crippen molar-refractivity contribution in [3.63, 3.8) is 0 Å². The Bertz CT molecular complexity index is 1730. The first-order valence-electron chi connectivity index (χ1n) is 11.0. The predicted molar refractivity (Wildman–Crippen MR) is 150 cm³/mol. The summed E-state index contributed by atoms with van der Waals surface area (Å²) in [5.41, 5.74) is -0.108. The lowest BCUT2D eigenvalue weighted by atomic mass is 10.1. The summed E-state index contributed by atoms with van der Waals surface area (Å²) in [6, 6.07) is 13.6. The minimum absolute atomic E-state index is 0.00615. The summed E-state index contributed by atoms with van der Waals surface area (Å²) in [4.78, 5) is 50.5. The van der Waals surface area contributed by atoms with Crippen LogP contribution in [0.25, 0.3) is 10.8 Å². The van der Waals surface area contributed by atoms with Crippen LogP contribution in [0.2, 0.25) is 15.1 Å². The van der Waals surface area contributed by atoms with Crippen molar-refractivity contribution in [1.82, 2.24) is 10.2 Å². The molecule has 13 heteroatoms. The van der Waals surface area contributed by atoms with E-state index in [0.717, 1.165) is 0 Å². The van der Waals surface area contributed by atoms with E-state index in [0.29, 0.717) is 15.6 Å². The SMILES string of the molecule is O=C(Nc1cccc2c(=O)[nH][nH]c(=O)c12)c1cc(NC(=O)C2C(c3cc(Cl)cc(Cl)c3)C2(Cl)Cl)ccc1Cl. The molecule has 38 heavy (non-hydrogen) atoms. The highest BCUT2D eigenvalue weighted by Crippen LogP contribution is 2.65. The molecule has 1 aliphatic carbocycles. The summed E-state index contributed by atoms with van der Waals surface area (Å²) in [6.07, 6.45) is 0. The number of hydrogen-bond acceptors (Lipinski definition) is 4. The largest absolute Gasteiger partial charge is 0.326 e. The van der Waals surface area contributed by atoms with Gasteiger partial charge >= 0.3 is 0 Å². The average Bonchev–Trinajstić information content (AvgIpc) is 3.44. The fourth-order valence-electron chi connectivity index (χ4n) is 4.34. The molecule has 8 nitrogen and oxygen atoms in total. The zero-order valence-corrected chi connectivity index (χ0v) is 22.7. The Hall–Kier alpha value is -3.01. The fraction of sp³-hybridized carbons (Fsp3) is 0.120. The van der Waals surface area contributed by atoms with E-state index in [1.54, 1.807) is 18.2 Å². The van der Waals surface area contributed by atoms with E-state index in [1.165, 1.54) is 36.4 Å². The van der Waals surface area contributed by atoms with Gasteiger partial charge in [0.2, 0.25) is 5.91 Å². The Balaban J connectivity index is 1.38. The maximum Gasteiger partial charge on any atom is 0.272 e. The third-order valence-electron chi connectivity index (χ3n) is 6.13. The first-order chi connectivity index (χ1) is 18.0. The van der Waals surface area contributed by atoms with Crippen molar-refractivity contribution in [2.45, 2.75) is 10.3 Å². The van der Waals surface area contributed by atoms with Crippen LogP contribution < -0.4 is 21.8 Å². The third-order valence-corrected chi connectivity index (χ3v) is 7.84. The molecule has 1 aliphatic rings. The topological polar surface area (TPSA) is 124 Å². The van der Waals surface area contributed by atoms with E-state index < -0.39 is 39.1 Å². The second kappa shape index (κ2) is 9.94. The molecule has 2 atom stereocenters. The van der Waals surface area contributed by atoms with Gasteiger partial charge in [0, 0.05) is 21.7 Å². The van der Waals surface area contributed by atoms with Crippen molar-refractivity contribution in [3.05, 3.63) is 101 Å². The number of rotatable bonds is 5. The molecule has 1 heterocycles. The number of amides is 2. The third kappa shape index (κ3) is 4.90. The number of carbonyl (C=O) groups is 2. The lowest BCUT2D eigenvalue weighted by Crippen LogP contribution is -2.22. The lowest BCUT2D eigenvalue weighted by Gasteiger charge is -2.11. The van der Waals surface area contributed by atoms with Crippen molar-refractivity contribution < 1.29 is 9.59 Å².